The maximum Gasteiger partial charge on any atom is 0.246 e. The normalized spacial score (nSPS) is 26.9. The number of likely N-dealkylation sites (N-methyl/N-ethyl adjacent to an activating group) is 1. The van der Waals surface area contributed by atoms with Gasteiger partial charge in [-0.3, -0.25) is 4.90 Å². The van der Waals surface area contributed by atoms with Gasteiger partial charge in [0.25, 0.3) is 0 Å². The number of rotatable bonds is 2. The average Bonchev–Trinajstić information content (AvgIpc) is 3.17. The first-order valence-corrected chi connectivity index (χ1v) is 10.3. The van der Waals surface area contributed by atoms with Gasteiger partial charge in [-0.2, -0.15) is 4.31 Å². The van der Waals surface area contributed by atoms with Crippen LogP contribution in [0.2, 0.25) is 0 Å². The lowest BCUT2D eigenvalue weighted by Crippen LogP contribution is -2.47. The van der Waals surface area contributed by atoms with Crippen molar-refractivity contribution >= 4 is 21.4 Å². The third kappa shape index (κ3) is 2.75. The van der Waals surface area contributed by atoms with Crippen molar-refractivity contribution < 1.29 is 13.2 Å². The summed E-state index contributed by atoms with van der Waals surface area (Å²) in [5.74, 6) is 0.472. The maximum atomic E-state index is 12.7. The van der Waals surface area contributed by atoms with Gasteiger partial charge >= 0.3 is 0 Å². The number of likely N-dealkylation sites (tertiary alicyclic amines) is 1. The molecule has 1 fully saturated rings. The molecule has 1 aromatic carbocycles. The van der Waals surface area contributed by atoms with E-state index < -0.39 is 15.6 Å². The number of benzene rings is 1. The predicted molar refractivity (Wildman–Crippen MR) is 93.8 cm³/mol. The Hall–Kier alpha value is -1.41. The summed E-state index contributed by atoms with van der Waals surface area (Å²) in [6.07, 6.45) is 0.826. The third-order valence-electron chi connectivity index (χ3n) is 4.73. The van der Waals surface area contributed by atoms with Gasteiger partial charge in [0.2, 0.25) is 10.0 Å². The summed E-state index contributed by atoms with van der Waals surface area (Å²) in [4.78, 5) is 3.93. The van der Waals surface area contributed by atoms with E-state index in [9.17, 15) is 8.42 Å². The number of sulfonamides is 1. The summed E-state index contributed by atoms with van der Waals surface area (Å²) in [5, 5.41) is 2.08. The lowest BCUT2D eigenvalue weighted by Gasteiger charge is -2.30. The van der Waals surface area contributed by atoms with Crippen LogP contribution in [0.4, 0.5) is 0 Å². The number of ether oxygens (including phenoxy) is 1. The Morgan fingerprint density at radius 3 is 2.83 bits per heavy atom. The van der Waals surface area contributed by atoms with Crippen molar-refractivity contribution in [2.45, 2.75) is 23.5 Å². The quantitative estimate of drug-likeness (QED) is 0.821. The van der Waals surface area contributed by atoms with E-state index in [-0.39, 0.29) is 4.90 Å². The minimum absolute atomic E-state index is 0.265. The summed E-state index contributed by atoms with van der Waals surface area (Å²) in [5.41, 5.74) is -0.480. The monoisotopic (exact) mass is 364 g/mol. The lowest BCUT2D eigenvalue weighted by atomic mass is 10.0. The summed E-state index contributed by atoms with van der Waals surface area (Å²) in [6.45, 7) is 2.92. The topological polar surface area (TPSA) is 49.9 Å². The van der Waals surface area contributed by atoms with Crippen molar-refractivity contribution in [2.75, 3.05) is 26.7 Å². The van der Waals surface area contributed by atoms with Crippen LogP contribution in [-0.2, 0) is 16.6 Å². The molecule has 128 valence electrons. The van der Waals surface area contributed by atoms with E-state index in [2.05, 4.69) is 22.4 Å². The highest BCUT2D eigenvalue weighted by Crippen LogP contribution is 2.38. The highest BCUT2D eigenvalue weighted by molar-refractivity contribution is 7.89. The first-order valence-electron chi connectivity index (χ1n) is 7.98. The largest absolute Gasteiger partial charge is 0.483 e. The van der Waals surface area contributed by atoms with Gasteiger partial charge in [-0.25, -0.2) is 8.42 Å². The van der Waals surface area contributed by atoms with Crippen LogP contribution in [-0.4, -0.2) is 49.9 Å². The second-order valence-electron chi connectivity index (χ2n) is 6.53. The fraction of sp³-hybridized carbons (Fsp3) is 0.412. The van der Waals surface area contributed by atoms with E-state index in [1.54, 1.807) is 36.6 Å². The molecule has 1 spiro atoms. The first kappa shape index (κ1) is 16.1. The fourth-order valence-electron chi connectivity index (χ4n) is 3.57. The van der Waals surface area contributed by atoms with E-state index in [4.69, 9.17) is 4.74 Å². The van der Waals surface area contributed by atoms with Gasteiger partial charge in [0, 0.05) is 38.0 Å². The molecule has 0 bridgehead atoms. The molecule has 1 saturated heterocycles. The Morgan fingerprint density at radius 1 is 1.21 bits per heavy atom. The van der Waals surface area contributed by atoms with Crippen LogP contribution in [0.3, 0.4) is 0 Å². The number of hydrogen-bond acceptors (Lipinski definition) is 5. The summed E-state index contributed by atoms with van der Waals surface area (Å²) in [6, 6.07) is 11.1. The number of nitrogens with zero attached hydrogens (tertiary/aromatic N) is 2. The molecule has 7 heteroatoms. The molecule has 0 saturated carbocycles. The molecule has 2 aliphatic heterocycles. The minimum Gasteiger partial charge on any atom is -0.483 e. The van der Waals surface area contributed by atoms with Crippen LogP contribution < -0.4 is 4.74 Å². The average molecular weight is 364 g/mol. The maximum absolute atomic E-state index is 12.7. The van der Waals surface area contributed by atoms with E-state index in [0.717, 1.165) is 26.1 Å². The van der Waals surface area contributed by atoms with Crippen LogP contribution in [0, 0.1) is 0 Å². The summed E-state index contributed by atoms with van der Waals surface area (Å²) >= 11 is 1.75. The van der Waals surface area contributed by atoms with E-state index >= 15 is 0 Å². The molecule has 0 aliphatic carbocycles. The van der Waals surface area contributed by atoms with E-state index in [1.807, 2.05) is 6.07 Å². The predicted octanol–water partition coefficient (Wildman–Crippen LogP) is 2.41. The van der Waals surface area contributed by atoms with Gasteiger partial charge in [0.05, 0.1) is 6.54 Å². The molecule has 4 rings (SSSR count). The van der Waals surface area contributed by atoms with Gasteiger partial charge in [0.15, 0.2) is 0 Å². The molecule has 1 aromatic heterocycles. The molecule has 1 unspecified atom stereocenters. The standard InChI is InChI=1S/C17H20N2O3S2/c1-18-12-17(8-9-19(13-17)11-14-5-4-10-23-14)22-15-6-2-3-7-16(15)24(18,20)21/h2-7,10H,8-9,11-13H2,1H3. The van der Waals surface area contributed by atoms with Crippen LogP contribution in [0.25, 0.3) is 0 Å². The van der Waals surface area contributed by atoms with Gasteiger partial charge in [-0.1, -0.05) is 18.2 Å². The molecule has 2 aliphatic rings. The highest BCUT2D eigenvalue weighted by Gasteiger charge is 2.46. The molecule has 0 radical (unpaired) electrons. The second-order valence-corrected chi connectivity index (χ2v) is 9.58. The van der Waals surface area contributed by atoms with Gasteiger partial charge < -0.3 is 4.74 Å². The third-order valence-corrected chi connectivity index (χ3v) is 7.43. The zero-order valence-corrected chi connectivity index (χ0v) is 15.1. The number of thiophene rings is 1. The zero-order chi connectivity index (χ0) is 16.8. The van der Waals surface area contributed by atoms with Crippen LogP contribution >= 0.6 is 11.3 Å². The minimum atomic E-state index is -3.50. The Labute approximate surface area is 146 Å². The van der Waals surface area contributed by atoms with Gasteiger partial charge in [0.1, 0.15) is 16.2 Å². The van der Waals surface area contributed by atoms with Crippen molar-refractivity contribution in [1.29, 1.82) is 0 Å². The molecule has 0 amide bonds. The zero-order valence-electron chi connectivity index (χ0n) is 13.5. The SMILES string of the molecule is CN1CC2(CCN(Cc3cccs3)C2)Oc2ccccc2S1(=O)=O. The molecule has 1 atom stereocenters. The number of para-hydroxylation sites is 1. The molecule has 5 nitrogen and oxygen atoms in total. The highest BCUT2D eigenvalue weighted by atomic mass is 32.2. The van der Waals surface area contributed by atoms with Crippen molar-refractivity contribution in [3.63, 3.8) is 0 Å². The van der Waals surface area contributed by atoms with Crippen molar-refractivity contribution in [1.82, 2.24) is 9.21 Å². The molecule has 2 aromatic rings. The Morgan fingerprint density at radius 2 is 2.04 bits per heavy atom. The summed E-state index contributed by atoms with van der Waals surface area (Å²) in [7, 11) is -1.85. The summed E-state index contributed by atoms with van der Waals surface area (Å²) < 4.78 is 33.2. The fourth-order valence-corrected chi connectivity index (χ4v) is 5.67. The molecule has 24 heavy (non-hydrogen) atoms. The second kappa shape index (κ2) is 5.84. The van der Waals surface area contributed by atoms with E-state index in [0.29, 0.717) is 12.3 Å². The van der Waals surface area contributed by atoms with Crippen molar-refractivity contribution in [3.8, 4) is 5.75 Å². The number of hydrogen-bond donors (Lipinski definition) is 0. The van der Waals surface area contributed by atoms with Crippen LogP contribution in [0.5, 0.6) is 5.75 Å². The first-order chi connectivity index (χ1) is 11.5. The molecular formula is C17H20N2O3S2. The van der Waals surface area contributed by atoms with Crippen LogP contribution in [0.15, 0.2) is 46.7 Å². The van der Waals surface area contributed by atoms with Gasteiger partial charge in [-0.15, -0.1) is 11.3 Å². The molecular weight excluding hydrogens is 344 g/mol. The smallest absolute Gasteiger partial charge is 0.246 e. The molecule has 0 N–H and O–H groups in total. The molecule has 3 heterocycles. The van der Waals surface area contributed by atoms with Crippen LogP contribution in [0.1, 0.15) is 11.3 Å². The Balaban J connectivity index is 1.63. The van der Waals surface area contributed by atoms with Crippen molar-refractivity contribution in [3.05, 3.63) is 46.7 Å². The Kier molecular flexibility index (Phi) is 3.91. The lowest BCUT2D eigenvalue weighted by molar-refractivity contribution is 0.0624. The van der Waals surface area contributed by atoms with Crippen molar-refractivity contribution in [2.24, 2.45) is 0 Å². The van der Waals surface area contributed by atoms with Gasteiger partial charge in [-0.05, 0) is 23.6 Å². The number of fused-ring (bicyclic) bond motifs is 1. The van der Waals surface area contributed by atoms with E-state index in [1.165, 1.54) is 9.18 Å². The Bertz CT molecular complexity index is 835.